The molecule has 0 radical (unpaired) electrons. The van der Waals surface area contributed by atoms with Crippen LogP contribution in [-0.4, -0.2) is 33.4 Å². The summed E-state index contributed by atoms with van der Waals surface area (Å²) < 4.78 is 43.7. The SMILES string of the molecule is Fc1ccc(F)c(C[C@H]2C[C@H](F)CN2c2ccc3ncc(Br)n3n2)c1. The second-order valence-electron chi connectivity index (χ2n) is 6.12. The summed E-state index contributed by atoms with van der Waals surface area (Å²) in [5.41, 5.74) is 0.910. The Balaban J connectivity index is 1.66. The van der Waals surface area contributed by atoms with Crippen molar-refractivity contribution in [2.45, 2.75) is 25.1 Å². The third-order valence-corrected chi connectivity index (χ3v) is 4.97. The van der Waals surface area contributed by atoms with Gasteiger partial charge in [-0.1, -0.05) is 0 Å². The van der Waals surface area contributed by atoms with Crippen molar-refractivity contribution < 1.29 is 13.2 Å². The second kappa shape index (κ2) is 6.33. The number of fused-ring (bicyclic) bond motifs is 1. The Bertz CT molecular complexity index is 929. The van der Waals surface area contributed by atoms with E-state index < -0.39 is 17.8 Å². The zero-order valence-corrected chi connectivity index (χ0v) is 14.6. The molecule has 1 fully saturated rings. The van der Waals surface area contributed by atoms with Crippen LogP contribution in [0.3, 0.4) is 0 Å². The molecule has 0 N–H and O–H groups in total. The van der Waals surface area contributed by atoms with Crippen LogP contribution in [0.15, 0.2) is 41.1 Å². The van der Waals surface area contributed by atoms with E-state index in [1.54, 1.807) is 27.7 Å². The van der Waals surface area contributed by atoms with Crippen molar-refractivity contribution in [2.75, 3.05) is 11.4 Å². The third-order valence-electron chi connectivity index (χ3n) is 4.43. The van der Waals surface area contributed by atoms with Gasteiger partial charge in [0.25, 0.3) is 0 Å². The predicted molar refractivity (Wildman–Crippen MR) is 91.4 cm³/mol. The van der Waals surface area contributed by atoms with Crippen molar-refractivity contribution in [2.24, 2.45) is 0 Å². The van der Waals surface area contributed by atoms with Crippen LogP contribution >= 0.6 is 15.9 Å². The molecule has 1 aromatic carbocycles. The van der Waals surface area contributed by atoms with Crippen molar-refractivity contribution in [3.63, 3.8) is 0 Å². The molecule has 0 bridgehead atoms. The van der Waals surface area contributed by atoms with E-state index >= 15 is 0 Å². The largest absolute Gasteiger partial charge is 0.349 e. The first-order chi connectivity index (χ1) is 12.0. The molecule has 0 saturated carbocycles. The minimum absolute atomic E-state index is 0.173. The van der Waals surface area contributed by atoms with E-state index in [1.807, 2.05) is 0 Å². The van der Waals surface area contributed by atoms with Crippen LogP contribution in [0.25, 0.3) is 5.65 Å². The van der Waals surface area contributed by atoms with E-state index in [0.717, 1.165) is 12.1 Å². The zero-order valence-electron chi connectivity index (χ0n) is 13.0. The molecular weight excluding hydrogens is 397 g/mol. The smallest absolute Gasteiger partial charge is 0.154 e. The summed E-state index contributed by atoms with van der Waals surface area (Å²) >= 11 is 3.36. The molecule has 2 aromatic heterocycles. The number of imidazole rings is 1. The van der Waals surface area contributed by atoms with Gasteiger partial charge in [-0.25, -0.2) is 22.7 Å². The summed E-state index contributed by atoms with van der Waals surface area (Å²) in [5.74, 6) is -0.405. The maximum Gasteiger partial charge on any atom is 0.154 e. The van der Waals surface area contributed by atoms with Gasteiger partial charge < -0.3 is 4.90 Å². The highest BCUT2D eigenvalue weighted by molar-refractivity contribution is 9.10. The van der Waals surface area contributed by atoms with E-state index in [2.05, 4.69) is 26.0 Å². The molecule has 8 heteroatoms. The first-order valence-corrected chi connectivity index (χ1v) is 8.65. The van der Waals surface area contributed by atoms with Gasteiger partial charge in [-0.05, 0) is 58.2 Å². The number of alkyl halides is 1. The van der Waals surface area contributed by atoms with Crippen LogP contribution in [0, 0.1) is 11.6 Å². The number of hydrogen-bond donors (Lipinski definition) is 0. The van der Waals surface area contributed by atoms with Crippen LogP contribution in [0.4, 0.5) is 19.0 Å². The average molecular weight is 411 g/mol. The number of halogens is 4. The number of rotatable bonds is 3. The van der Waals surface area contributed by atoms with Gasteiger partial charge in [-0.3, -0.25) is 0 Å². The van der Waals surface area contributed by atoms with E-state index in [9.17, 15) is 13.2 Å². The first-order valence-electron chi connectivity index (χ1n) is 7.86. The Kier molecular flexibility index (Phi) is 4.15. The highest BCUT2D eigenvalue weighted by atomic mass is 79.9. The molecule has 4 nitrogen and oxygen atoms in total. The predicted octanol–water partition coefficient (Wildman–Crippen LogP) is 3.93. The van der Waals surface area contributed by atoms with Crippen LogP contribution in [0.5, 0.6) is 0 Å². The van der Waals surface area contributed by atoms with Crippen LogP contribution in [0.1, 0.15) is 12.0 Å². The third kappa shape index (κ3) is 3.10. The Morgan fingerprint density at radius 1 is 1.20 bits per heavy atom. The minimum Gasteiger partial charge on any atom is -0.349 e. The molecule has 2 atom stereocenters. The van der Waals surface area contributed by atoms with Crippen molar-refractivity contribution in [3.05, 3.63) is 58.3 Å². The Morgan fingerprint density at radius 3 is 2.88 bits per heavy atom. The fourth-order valence-electron chi connectivity index (χ4n) is 3.28. The Hall–Kier alpha value is -2.09. The fourth-order valence-corrected chi connectivity index (χ4v) is 3.64. The fraction of sp³-hybridized carbons (Fsp3) is 0.294. The lowest BCUT2D eigenvalue weighted by atomic mass is 10.0. The molecule has 0 spiro atoms. The van der Waals surface area contributed by atoms with Crippen molar-refractivity contribution in [3.8, 4) is 0 Å². The number of aromatic nitrogens is 3. The van der Waals surface area contributed by atoms with E-state index in [-0.39, 0.29) is 31.0 Å². The second-order valence-corrected chi connectivity index (χ2v) is 6.93. The molecule has 4 rings (SSSR count). The standard InChI is InChI=1S/C17H14BrF3N4/c18-15-8-22-16-3-4-17(23-25(15)16)24-9-12(20)7-13(24)6-10-5-11(19)1-2-14(10)21/h1-5,8,12-13H,6-7,9H2/t12-,13-/m0/s1. The van der Waals surface area contributed by atoms with Gasteiger partial charge in [0.2, 0.25) is 0 Å². The highest BCUT2D eigenvalue weighted by Crippen LogP contribution is 2.29. The van der Waals surface area contributed by atoms with E-state index in [0.29, 0.717) is 16.1 Å². The van der Waals surface area contributed by atoms with Crippen LogP contribution < -0.4 is 4.90 Å². The Morgan fingerprint density at radius 2 is 2.04 bits per heavy atom. The molecule has 0 amide bonds. The minimum atomic E-state index is -1.04. The molecule has 25 heavy (non-hydrogen) atoms. The number of anilines is 1. The highest BCUT2D eigenvalue weighted by Gasteiger charge is 2.34. The quantitative estimate of drug-likeness (QED) is 0.655. The monoisotopic (exact) mass is 410 g/mol. The maximum absolute atomic E-state index is 14.1. The number of benzene rings is 1. The lowest BCUT2D eigenvalue weighted by Crippen LogP contribution is -2.32. The first kappa shape index (κ1) is 16.4. The zero-order chi connectivity index (χ0) is 17.6. The van der Waals surface area contributed by atoms with Gasteiger partial charge in [0, 0.05) is 12.5 Å². The summed E-state index contributed by atoms with van der Waals surface area (Å²) in [7, 11) is 0. The topological polar surface area (TPSA) is 33.4 Å². The normalized spacial score (nSPS) is 20.6. The lowest BCUT2D eigenvalue weighted by molar-refractivity contribution is 0.355. The number of nitrogens with zero attached hydrogens (tertiary/aromatic N) is 4. The van der Waals surface area contributed by atoms with E-state index in [1.165, 1.54) is 6.07 Å². The summed E-state index contributed by atoms with van der Waals surface area (Å²) in [5, 5.41) is 4.48. The molecule has 1 saturated heterocycles. The van der Waals surface area contributed by atoms with Crippen LogP contribution in [-0.2, 0) is 6.42 Å². The lowest BCUT2D eigenvalue weighted by Gasteiger charge is -2.25. The molecular formula is C17H14BrF3N4. The molecule has 0 aliphatic carbocycles. The maximum atomic E-state index is 14.1. The molecule has 3 aromatic rings. The van der Waals surface area contributed by atoms with Gasteiger partial charge in [-0.2, -0.15) is 0 Å². The van der Waals surface area contributed by atoms with Crippen molar-refractivity contribution >= 4 is 27.4 Å². The van der Waals surface area contributed by atoms with Gasteiger partial charge in [-0.15, -0.1) is 5.10 Å². The van der Waals surface area contributed by atoms with Gasteiger partial charge in [0.1, 0.15) is 28.2 Å². The Labute approximate surface area is 150 Å². The number of hydrogen-bond acceptors (Lipinski definition) is 3. The molecule has 130 valence electrons. The molecule has 1 aliphatic heterocycles. The summed E-state index contributed by atoms with van der Waals surface area (Å²) in [6, 6.07) is 6.61. The van der Waals surface area contributed by atoms with Gasteiger partial charge in [0.05, 0.1) is 12.7 Å². The summed E-state index contributed by atoms with van der Waals surface area (Å²) in [6.45, 7) is 0.173. The summed E-state index contributed by atoms with van der Waals surface area (Å²) in [6.07, 6.45) is 1.06. The van der Waals surface area contributed by atoms with Crippen molar-refractivity contribution in [1.29, 1.82) is 0 Å². The van der Waals surface area contributed by atoms with Gasteiger partial charge in [0.15, 0.2) is 5.65 Å². The molecule has 3 heterocycles. The summed E-state index contributed by atoms with van der Waals surface area (Å²) in [4.78, 5) is 5.99. The van der Waals surface area contributed by atoms with Crippen molar-refractivity contribution in [1.82, 2.24) is 14.6 Å². The van der Waals surface area contributed by atoms with Crippen LogP contribution in [0.2, 0.25) is 0 Å². The van der Waals surface area contributed by atoms with Gasteiger partial charge >= 0.3 is 0 Å². The molecule has 0 unspecified atom stereocenters. The van der Waals surface area contributed by atoms with E-state index in [4.69, 9.17) is 0 Å². The average Bonchev–Trinajstić information content (AvgIpc) is 3.14. The molecule has 1 aliphatic rings.